The molecule has 1 heterocycles. The Morgan fingerprint density at radius 2 is 1.88 bits per heavy atom. The van der Waals surface area contributed by atoms with Crippen molar-refractivity contribution in [3.8, 4) is 0 Å². The summed E-state index contributed by atoms with van der Waals surface area (Å²) in [5.41, 5.74) is 9.11. The highest BCUT2D eigenvalue weighted by Crippen LogP contribution is 2.23. The Hall–Kier alpha value is -2.90. The molecule has 3 aromatic rings. The summed E-state index contributed by atoms with van der Waals surface area (Å²) in [6, 6.07) is 15.2. The number of nitrogens with two attached hydrogens (primary N) is 1. The minimum atomic E-state index is -0.836. The monoisotopic (exact) mass is 438 g/mol. The highest BCUT2D eigenvalue weighted by atomic mass is 16.4. The van der Waals surface area contributed by atoms with Gasteiger partial charge in [0, 0.05) is 38.3 Å². The molecular weight excluding hydrogens is 404 g/mol. The van der Waals surface area contributed by atoms with Crippen LogP contribution in [0.15, 0.2) is 52.9 Å². The molecule has 1 amide bonds. The molecule has 2 aromatic carbocycles. The molecular formula is C25H34N4O3. The number of rotatable bonds is 10. The van der Waals surface area contributed by atoms with Gasteiger partial charge in [0.2, 0.25) is 0 Å². The van der Waals surface area contributed by atoms with E-state index in [1.807, 2.05) is 63.1 Å². The summed E-state index contributed by atoms with van der Waals surface area (Å²) in [7, 11) is 1.90. The third kappa shape index (κ3) is 5.87. The summed E-state index contributed by atoms with van der Waals surface area (Å²) in [4.78, 5) is 21.4. The summed E-state index contributed by atoms with van der Waals surface area (Å²) in [5.74, 6) is 0.0867. The van der Waals surface area contributed by atoms with Crippen molar-refractivity contribution in [2.45, 2.75) is 39.3 Å². The Labute approximate surface area is 189 Å². The minimum Gasteiger partial charge on any atom is -0.423 e. The van der Waals surface area contributed by atoms with Crippen molar-refractivity contribution >= 4 is 23.0 Å². The third-order valence-corrected chi connectivity index (χ3v) is 5.51. The van der Waals surface area contributed by atoms with Gasteiger partial charge < -0.3 is 25.1 Å². The smallest absolute Gasteiger partial charge is 0.298 e. The van der Waals surface area contributed by atoms with E-state index in [0.29, 0.717) is 35.6 Å². The first-order chi connectivity index (χ1) is 15.3. The molecule has 0 fully saturated rings. The standard InChI is InChI=1S/C25H34N4O3/c1-5-28(4)25-27-21-12-11-19(14-23(21)32-25)24(31)29(15-17(2)3)16-22(30)20(26)13-18-9-7-6-8-10-18/h6-12,14,17,20,22,30H,5,13,15-16,26H2,1-4H3/t20-,22-/m0/s1. The number of aliphatic hydroxyl groups is 1. The fraction of sp³-hybridized carbons (Fsp3) is 0.440. The number of carbonyl (C=O) groups is 1. The maximum absolute atomic E-state index is 13.3. The lowest BCUT2D eigenvalue weighted by atomic mass is 10.0. The summed E-state index contributed by atoms with van der Waals surface area (Å²) in [6.45, 7) is 7.56. The van der Waals surface area contributed by atoms with Gasteiger partial charge in [0.05, 0.1) is 6.10 Å². The normalized spacial score (nSPS) is 13.3. The first kappa shape index (κ1) is 23.8. The molecule has 32 heavy (non-hydrogen) atoms. The molecule has 172 valence electrons. The third-order valence-electron chi connectivity index (χ3n) is 5.51. The molecule has 0 saturated heterocycles. The van der Waals surface area contributed by atoms with Gasteiger partial charge in [-0.05, 0) is 43.0 Å². The van der Waals surface area contributed by atoms with Crippen LogP contribution in [0.5, 0.6) is 0 Å². The van der Waals surface area contributed by atoms with E-state index in [1.54, 1.807) is 23.1 Å². The maximum atomic E-state index is 13.3. The average molecular weight is 439 g/mol. The minimum absolute atomic E-state index is 0.159. The summed E-state index contributed by atoms with van der Waals surface area (Å²) < 4.78 is 5.83. The lowest BCUT2D eigenvalue weighted by molar-refractivity contribution is 0.0545. The fourth-order valence-electron chi connectivity index (χ4n) is 3.59. The van der Waals surface area contributed by atoms with Crippen LogP contribution >= 0.6 is 0 Å². The molecule has 7 heteroatoms. The Morgan fingerprint density at radius 3 is 2.53 bits per heavy atom. The first-order valence-corrected chi connectivity index (χ1v) is 11.2. The van der Waals surface area contributed by atoms with Gasteiger partial charge in [-0.25, -0.2) is 0 Å². The van der Waals surface area contributed by atoms with Crippen molar-refractivity contribution in [3.63, 3.8) is 0 Å². The molecule has 3 rings (SSSR count). The highest BCUT2D eigenvalue weighted by molar-refractivity contribution is 5.97. The Bertz CT molecular complexity index is 1020. The number of carbonyl (C=O) groups excluding carboxylic acids is 1. The summed E-state index contributed by atoms with van der Waals surface area (Å²) in [6.07, 6.45) is -0.291. The molecule has 2 atom stereocenters. The lowest BCUT2D eigenvalue weighted by Crippen LogP contribution is -2.47. The van der Waals surface area contributed by atoms with E-state index < -0.39 is 12.1 Å². The predicted molar refractivity (Wildman–Crippen MR) is 128 cm³/mol. The van der Waals surface area contributed by atoms with Gasteiger partial charge in [0.1, 0.15) is 5.52 Å². The van der Waals surface area contributed by atoms with Crippen LogP contribution in [0.3, 0.4) is 0 Å². The summed E-state index contributed by atoms with van der Waals surface area (Å²) in [5, 5.41) is 10.8. The number of nitrogens with zero attached hydrogens (tertiary/aromatic N) is 3. The maximum Gasteiger partial charge on any atom is 0.298 e. The van der Waals surface area contributed by atoms with Crippen molar-refractivity contribution in [1.82, 2.24) is 9.88 Å². The van der Waals surface area contributed by atoms with Gasteiger partial charge in [0.15, 0.2) is 5.58 Å². The van der Waals surface area contributed by atoms with Gasteiger partial charge in [-0.1, -0.05) is 44.2 Å². The Kier molecular flexibility index (Phi) is 7.88. The molecule has 0 aliphatic carbocycles. The molecule has 0 bridgehead atoms. The second-order valence-electron chi connectivity index (χ2n) is 8.72. The fourth-order valence-corrected chi connectivity index (χ4v) is 3.59. The van der Waals surface area contributed by atoms with Crippen molar-refractivity contribution < 1.29 is 14.3 Å². The van der Waals surface area contributed by atoms with Gasteiger partial charge in [-0.2, -0.15) is 4.98 Å². The highest BCUT2D eigenvalue weighted by Gasteiger charge is 2.24. The number of amides is 1. The Morgan fingerprint density at radius 1 is 1.16 bits per heavy atom. The van der Waals surface area contributed by atoms with E-state index in [-0.39, 0.29) is 18.4 Å². The van der Waals surface area contributed by atoms with Gasteiger partial charge >= 0.3 is 0 Å². The van der Waals surface area contributed by atoms with Crippen LogP contribution in [0, 0.1) is 5.92 Å². The van der Waals surface area contributed by atoms with Gasteiger partial charge in [0.25, 0.3) is 11.9 Å². The van der Waals surface area contributed by atoms with E-state index in [0.717, 1.165) is 12.1 Å². The van der Waals surface area contributed by atoms with Crippen LogP contribution in [0.1, 0.15) is 36.7 Å². The van der Waals surface area contributed by atoms with Crippen molar-refractivity contribution in [3.05, 3.63) is 59.7 Å². The topological polar surface area (TPSA) is 95.8 Å². The average Bonchev–Trinajstić information content (AvgIpc) is 3.21. The Balaban J connectivity index is 1.76. The van der Waals surface area contributed by atoms with Crippen LogP contribution < -0.4 is 10.6 Å². The molecule has 0 saturated carbocycles. The number of benzene rings is 2. The number of oxazole rings is 1. The molecule has 1 aromatic heterocycles. The number of aliphatic hydroxyl groups excluding tert-OH is 1. The van der Waals surface area contributed by atoms with Gasteiger partial charge in [-0.15, -0.1) is 0 Å². The zero-order chi connectivity index (χ0) is 23.3. The molecule has 7 nitrogen and oxygen atoms in total. The molecule has 0 aliphatic rings. The van der Waals surface area contributed by atoms with E-state index in [4.69, 9.17) is 10.2 Å². The van der Waals surface area contributed by atoms with Crippen LogP contribution in [0.4, 0.5) is 6.01 Å². The zero-order valence-electron chi connectivity index (χ0n) is 19.4. The van der Waals surface area contributed by atoms with E-state index in [9.17, 15) is 9.90 Å². The quantitative estimate of drug-likeness (QED) is 0.504. The van der Waals surface area contributed by atoms with Gasteiger partial charge in [-0.3, -0.25) is 4.79 Å². The molecule has 0 radical (unpaired) electrons. The van der Waals surface area contributed by atoms with Crippen molar-refractivity contribution in [2.24, 2.45) is 11.7 Å². The second-order valence-corrected chi connectivity index (χ2v) is 8.72. The number of aromatic nitrogens is 1. The van der Waals surface area contributed by atoms with Crippen LogP contribution in [-0.2, 0) is 6.42 Å². The molecule has 0 aliphatic heterocycles. The predicted octanol–water partition coefficient (Wildman–Crippen LogP) is 3.31. The largest absolute Gasteiger partial charge is 0.423 e. The van der Waals surface area contributed by atoms with Crippen LogP contribution in [0.2, 0.25) is 0 Å². The van der Waals surface area contributed by atoms with Crippen molar-refractivity contribution in [1.29, 1.82) is 0 Å². The first-order valence-electron chi connectivity index (χ1n) is 11.2. The number of anilines is 1. The van der Waals surface area contributed by atoms with Crippen molar-refractivity contribution in [2.75, 3.05) is 31.6 Å². The van der Waals surface area contributed by atoms with Crippen LogP contribution in [0.25, 0.3) is 11.1 Å². The summed E-state index contributed by atoms with van der Waals surface area (Å²) >= 11 is 0. The number of fused-ring (bicyclic) bond motifs is 1. The lowest BCUT2D eigenvalue weighted by Gasteiger charge is -2.29. The second kappa shape index (κ2) is 10.6. The number of hydrogen-bond donors (Lipinski definition) is 2. The van der Waals surface area contributed by atoms with E-state index in [2.05, 4.69) is 4.98 Å². The van der Waals surface area contributed by atoms with Crippen LogP contribution in [-0.4, -0.2) is 59.7 Å². The molecule has 0 unspecified atom stereocenters. The molecule has 0 spiro atoms. The zero-order valence-corrected chi connectivity index (χ0v) is 19.4. The SMILES string of the molecule is CCN(C)c1nc2ccc(C(=O)N(CC(C)C)C[C@H](O)[C@@H](N)Cc3ccccc3)cc2o1. The van der Waals surface area contributed by atoms with E-state index >= 15 is 0 Å². The van der Waals surface area contributed by atoms with E-state index in [1.165, 1.54) is 0 Å². The number of hydrogen-bond acceptors (Lipinski definition) is 6. The molecule has 3 N–H and O–H groups in total.